The molecule has 5 rings (SSSR count). The molecule has 2 N–H and O–H groups in total. The molecule has 0 saturated carbocycles. The standard InChI is InChI=1S/C29H26FN5O3S/c30-20-10-12-21(13-11-20)32-26(37)18-39-29-33-23-9-5-4-8-22(23)27-34-28(38)24(35(27)29)14-15-25(36)31-17-16-19-6-2-1-3-7-19/h1-13,24H,14-18H2,(H,31,36)(H,32,37). The predicted molar refractivity (Wildman–Crippen MR) is 151 cm³/mol. The van der Waals surface area contributed by atoms with Gasteiger partial charge in [-0.2, -0.15) is 4.99 Å². The van der Waals surface area contributed by atoms with Gasteiger partial charge in [0.2, 0.25) is 11.8 Å². The van der Waals surface area contributed by atoms with Crippen LogP contribution in [-0.4, -0.2) is 52.0 Å². The molecule has 2 aliphatic heterocycles. The molecule has 3 aromatic carbocycles. The van der Waals surface area contributed by atoms with Gasteiger partial charge in [0.1, 0.15) is 17.7 Å². The Kier molecular flexibility index (Phi) is 8.12. The number of thioether (sulfide) groups is 1. The number of para-hydroxylation sites is 1. The molecule has 3 amide bonds. The summed E-state index contributed by atoms with van der Waals surface area (Å²) < 4.78 is 13.2. The number of amidine groups is 2. The predicted octanol–water partition coefficient (Wildman–Crippen LogP) is 4.30. The lowest BCUT2D eigenvalue weighted by Crippen LogP contribution is -2.44. The molecule has 198 valence electrons. The van der Waals surface area contributed by atoms with Crippen molar-refractivity contribution in [2.24, 2.45) is 9.98 Å². The van der Waals surface area contributed by atoms with E-state index in [2.05, 4.69) is 15.6 Å². The Hall–Kier alpha value is -4.31. The van der Waals surface area contributed by atoms with Crippen molar-refractivity contribution in [3.8, 4) is 0 Å². The van der Waals surface area contributed by atoms with Crippen molar-refractivity contribution >= 4 is 51.9 Å². The Balaban J connectivity index is 1.23. The number of rotatable bonds is 9. The summed E-state index contributed by atoms with van der Waals surface area (Å²) in [7, 11) is 0. The van der Waals surface area contributed by atoms with E-state index >= 15 is 0 Å². The molecule has 1 atom stereocenters. The summed E-state index contributed by atoms with van der Waals surface area (Å²) in [5.41, 5.74) is 2.99. The maximum atomic E-state index is 13.2. The van der Waals surface area contributed by atoms with Crippen LogP contribution in [0.2, 0.25) is 0 Å². The summed E-state index contributed by atoms with van der Waals surface area (Å²) in [4.78, 5) is 48.9. The van der Waals surface area contributed by atoms with Crippen LogP contribution in [-0.2, 0) is 20.8 Å². The zero-order valence-electron chi connectivity index (χ0n) is 21.0. The minimum Gasteiger partial charge on any atom is -0.356 e. The molecule has 0 bridgehead atoms. The Morgan fingerprint density at radius 3 is 2.46 bits per heavy atom. The summed E-state index contributed by atoms with van der Waals surface area (Å²) >= 11 is 1.18. The number of carbonyl (C=O) groups excluding carboxylic acids is 3. The first-order valence-corrected chi connectivity index (χ1v) is 13.6. The summed E-state index contributed by atoms with van der Waals surface area (Å²) in [5.74, 6) is -0.687. The molecule has 0 saturated heterocycles. The van der Waals surface area contributed by atoms with Crippen molar-refractivity contribution in [2.45, 2.75) is 25.3 Å². The number of anilines is 1. The van der Waals surface area contributed by atoms with Crippen molar-refractivity contribution < 1.29 is 18.8 Å². The second-order valence-corrected chi connectivity index (χ2v) is 9.98. The van der Waals surface area contributed by atoms with Crippen molar-refractivity contribution in [3.05, 3.63) is 95.8 Å². The number of benzene rings is 3. The van der Waals surface area contributed by atoms with Gasteiger partial charge >= 0.3 is 0 Å². The van der Waals surface area contributed by atoms with Crippen molar-refractivity contribution in [2.75, 3.05) is 17.6 Å². The molecule has 0 aliphatic carbocycles. The second kappa shape index (κ2) is 12.0. The fourth-order valence-corrected chi connectivity index (χ4v) is 5.23. The van der Waals surface area contributed by atoms with Crippen LogP contribution in [0.5, 0.6) is 0 Å². The topological polar surface area (TPSA) is 103 Å². The van der Waals surface area contributed by atoms with E-state index in [0.29, 0.717) is 28.9 Å². The highest BCUT2D eigenvalue weighted by molar-refractivity contribution is 8.14. The third-order valence-electron chi connectivity index (χ3n) is 6.29. The number of amides is 3. The lowest BCUT2D eigenvalue weighted by Gasteiger charge is -2.31. The van der Waals surface area contributed by atoms with Crippen molar-refractivity contribution in [1.82, 2.24) is 10.2 Å². The molecule has 0 aromatic heterocycles. The van der Waals surface area contributed by atoms with E-state index in [4.69, 9.17) is 4.99 Å². The maximum Gasteiger partial charge on any atom is 0.270 e. The van der Waals surface area contributed by atoms with Gasteiger partial charge in [-0.1, -0.05) is 54.2 Å². The van der Waals surface area contributed by atoms with Crippen LogP contribution in [0, 0.1) is 5.82 Å². The molecule has 39 heavy (non-hydrogen) atoms. The molecule has 2 aliphatic rings. The Morgan fingerprint density at radius 2 is 1.67 bits per heavy atom. The first-order chi connectivity index (χ1) is 19.0. The van der Waals surface area contributed by atoms with Gasteiger partial charge in [-0.15, -0.1) is 0 Å². The van der Waals surface area contributed by atoms with Gasteiger partial charge in [-0.05, 0) is 54.8 Å². The number of fused-ring (bicyclic) bond motifs is 3. The second-order valence-electron chi connectivity index (χ2n) is 9.04. The Labute approximate surface area is 229 Å². The normalized spacial score (nSPS) is 15.7. The number of carbonyl (C=O) groups is 3. The van der Waals surface area contributed by atoms with E-state index in [-0.39, 0.29) is 42.1 Å². The van der Waals surface area contributed by atoms with Gasteiger partial charge in [0.15, 0.2) is 5.17 Å². The number of halogens is 1. The van der Waals surface area contributed by atoms with Crippen molar-refractivity contribution in [3.63, 3.8) is 0 Å². The molecule has 1 unspecified atom stereocenters. The minimum atomic E-state index is -0.695. The maximum absolute atomic E-state index is 13.2. The quantitative estimate of drug-likeness (QED) is 0.419. The largest absolute Gasteiger partial charge is 0.356 e. The number of nitrogens with one attached hydrogen (secondary N) is 2. The summed E-state index contributed by atoms with van der Waals surface area (Å²) in [6.07, 6.45) is 1.13. The van der Waals surface area contributed by atoms with Crippen LogP contribution in [0.1, 0.15) is 24.0 Å². The molecule has 0 radical (unpaired) electrons. The minimum absolute atomic E-state index is 0.0169. The highest BCUT2D eigenvalue weighted by Gasteiger charge is 2.41. The van der Waals surface area contributed by atoms with Gasteiger partial charge in [-0.25, -0.2) is 9.38 Å². The third kappa shape index (κ3) is 6.40. The van der Waals surface area contributed by atoms with Gasteiger partial charge in [0.05, 0.1) is 11.4 Å². The summed E-state index contributed by atoms with van der Waals surface area (Å²) in [6, 6.07) is 22.1. The van der Waals surface area contributed by atoms with E-state index in [0.717, 1.165) is 17.5 Å². The van der Waals surface area contributed by atoms with E-state index in [9.17, 15) is 18.8 Å². The monoisotopic (exact) mass is 543 g/mol. The SMILES string of the molecule is O=C(CCC1C(=O)N=C2c3ccccc3N=C(SCC(=O)Nc3ccc(F)cc3)N21)NCCc1ccccc1. The number of aliphatic imine (C=N–C) groups is 2. The van der Waals surface area contributed by atoms with Crippen LogP contribution < -0.4 is 10.6 Å². The van der Waals surface area contributed by atoms with Crippen LogP contribution in [0.15, 0.2) is 88.8 Å². The van der Waals surface area contributed by atoms with Gasteiger partial charge < -0.3 is 10.6 Å². The van der Waals surface area contributed by atoms with E-state index < -0.39 is 6.04 Å². The van der Waals surface area contributed by atoms with E-state index in [1.165, 1.54) is 36.0 Å². The number of hydrogen-bond acceptors (Lipinski definition) is 6. The molecule has 2 heterocycles. The fraction of sp³-hybridized carbons (Fsp3) is 0.207. The molecule has 10 heteroatoms. The Bertz CT molecular complexity index is 1440. The molecular formula is C29H26FN5O3S. The summed E-state index contributed by atoms with van der Waals surface area (Å²) in [6.45, 7) is 0.506. The van der Waals surface area contributed by atoms with Crippen LogP contribution >= 0.6 is 11.8 Å². The fourth-order valence-electron chi connectivity index (χ4n) is 4.38. The number of nitrogens with zero attached hydrogens (tertiary/aromatic N) is 3. The average molecular weight is 544 g/mol. The van der Waals surface area contributed by atoms with Crippen molar-refractivity contribution in [1.29, 1.82) is 0 Å². The zero-order valence-corrected chi connectivity index (χ0v) is 21.8. The van der Waals surface area contributed by atoms with Crippen LogP contribution in [0.25, 0.3) is 0 Å². The smallest absolute Gasteiger partial charge is 0.270 e. The lowest BCUT2D eigenvalue weighted by atomic mass is 10.1. The molecular weight excluding hydrogens is 517 g/mol. The molecule has 8 nitrogen and oxygen atoms in total. The summed E-state index contributed by atoms with van der Waals surface area (Å²) in [5, 5.41) is 6.11. The first-order valence-electron chi connectivity index (χ1n) is 12.6. The highest BCUT2D eigenvalue weighted by atomic mass is 32.2. The Morgan fingerprint density at radius 1 is 0.923 bits per heavy atom. The molecule has 0 fully saturated rings. The van der Waals surface area contributed by atoms with Crippen LogP contribution in [0.4, 0.5) is 15.8 Å². The zero-order chi connectivity index (χ0) is 27.2. The lowest BCUT2D eigenvalue weighted by molar-refractivity contribution is -0.122. The first kappa shape index (κ1) is 26.3. The van der Waals surface area contributed by atoms with Crippen LogP contribution in [0.3, 0.4) is 0 Å². The highest BCUT2D eigenvalue weighted by Crippen LogP contribution is 2.35. The number of hydrogen-bond donors (Lipinski definition) is 2. The van der Waals surface area contributed by atoms with Gasteiger partial charge in [-0.3, -0.25) is 19.3 Å². The van der Waals surface area contributed by atoms with Gasteiger partial charge in [0, 0.05) is 24.2 Å². The van der Waals surface area contributed by atoms with E-state index in [1.807, 2.05) is 54.6 Å². The third-order valence-corrected chi connectivity index (χ3v) is 7.24. The van der Waals surface area contributed by atoms with Gasteiger partial charge in [0.25, 0.3) is 5.91 Å². The van der Waals surface area contributed by atoms with E-state index in [1.54, 1.807) is 4.90 Å². The molecule has 0 spiro atoms. The average Bonchev–Trinajstić information content (AvgIpc) is 3.28. The molecule has 3 aromatic rings.